The first-order chi connectivity index (χ1) is 14.5. The van der Waals surface area contributed by atoms with Crippen LogP contribution in [0.1, 0.15) is 5.56 Å². The highest BCUT2D eigenvalue weighted by atomic mass is 32.2. The molecule has 0 radical (unpaired) electrons. The zero-order valence-electron chi connectivity index (χ0n) is 16.5. The molecule has 4 rings (SSSR count). The van der Waals surface area contributed by atoms with Crippen LogP contribution >= 0.6 is 23.1 Å². The third kappa shape index (κ3) is 4.20. The minimum atomic E-state index is -3.47. The Hall–Kier alpha value is -2.46. The number of thiophene rings is 1. The van der Waals surface area contributed by atoms with E-state index in [0.29, 0.717) is 5.75 Å². The van der Waals surface area contributed by atoms with Crippen LogP contribution in [0, 0.1) is 0 Å². The van der Waals surface area contributed by atoms with Crippen LogP contribution in [0.15, 0.2) is 82.2 Å². The van der Waals surface area contributed by atoms with Crippen molar-refractivity contribution in [3.63, 3.8) is 0 Å². The quantitative estimate of drug-likeness (QED) is 0.382. The van der Waals surface area contributed by atoms with E-state index in [1.807, 2.05) is 58.5 Å². The lowest BCUT2D eigenvalue weighted by Crippen LogP contribution is -2.22. The van der Waals surface area contributed by atoms with Gasteiger partial charge in [-0.2, -0.15) is 0 Å². The average Bonchev–Trinajstić information content (AvgIpc) is 3.42. The van der Waals surface area contributed by atoms with Crippen LogP contribution in [-0.4, -0.2) is 41.6 Å². The maximum Gasteiger partial charge on any atom is 0.242 e. The molecule has 2 aromatic carbocycles. The molecule has 0 saturated carbocycles. The Morgan fingerprint density at radius 1 is 1.00 bits per heavy atom. The van der Waals surface area contributed by atoms with E-state index in [2.05, 4.69) is 10.2 Å². The third-order valence-electron chi connectivity index (χ3n) is 4.43. The first-order valence-electron chi connectivity index (χ1n) is 9.16. The Bertz CT molecular complexity index is 1230. The second kappa shape index (κ2) is 8.73. The lowest BCUT2D eigenvalue weighted by Gasteiger charge is -2.12. The van der Waals surface area contributed by atoms with Crippen molar-refractivity contribution in [2.45, 2.75) is 15.8 Å². The molecule has 0 N–H and O–H groups in total. The summed E-state index contributed by atoms with van der Waals surface area (Å²) < 4.78 is 28.1. The van der Waals surface area contributed by atoms with Crippen molar-refractivity contribution in [1.82, 2.24) is 19.1 Å². The van der Waals surface area contributed by atoms with E-state index in [4.69, 9.17) is 0 Å². The fraction of sp³-hybridized carbons (Fsp3) is 0.143. The summed E-state index contributed by atoms with van der Waals surface area (Å²) in [6.07, 6.45) is 0. The summed E-state index contributed by atoms with van der Waals surface area (Å²) in [6, 6.07) is 21.0. The van der Waals surface area contributed by atoms with Gasteiger partial charge in [0.25, 0.3) is 0 Å². The van der Waals surface area contributed by atoms with E-state index in [1.165, 1.54) is 30.2 Å². The molecule has 0 fully saturated rings. The normalized spacial score (nSPS) is 11.8. The van der Waals surface area contributed by atoms with Crippen LogP contribution in [0.4, 0.5) is 0 Å². The molecule has 0 amide bonds. The van der Waals surface area contributed by atoms with Gasteiger partial charge in [0.2, 0.25) is 10.0 Å². The summed E-state index contributed by atoms with van der Waals surface area (Å²) in [5.41, 5.74) is 1.89. The van der Waals surface area contributed by atoms with Crippen LogP contribution in [0.3, 0.4) is 0 Å². The Balaban J connectivity index is 1.65. The number of benzene rings is 2. The number of rotatable bonds is 7. The van der Waals surface area contributed by atoms with Gasteiger partial charge in [-0.15, -0.1) is 21.5 Å². The van der Waals surface area contributed by atoms with Crippen molar-refractivity contribution in [3.8, 4) is 16.4 Å². The fourth-order valence-electron chi connectivity index (χ4n) is 2.89. The van der Waals surface area contributed by atoms with Gasteiger partial charge in [0.05, 0.1) is 9.77 Å². The van der Waals surface area contributed by atoms with E-state index in [9.17, 15) is 8.42 Å². The number of aromatic nitrogens is 3. The Morgan fingerprint density at radius 3 is 2.50 bits per heavy atom. The molecule has 4 aromatic rings. The Morgan fingerprint density at radius 2 is 1.80 bits per heavy atom. The van der Waals surface area contributed by atoms with Crippen LogP contribution in [-0.2, 0) is 15.8 Å². The number of nitrogens with zero attached hydrogens (tertiary/aromatic N) is 4. The topological polar surface area (TPSA) is 68.1 Å². The first-order valence-corrected chi connectivity index (χ1v) is 12.5. The highest BCUT2D eigenvalue weighted by Crippen LogP contribution is 2.32. The molecule has 6 nitrogen and oxygen atoms in total. The van der Waals surface area contributed by atoms with Gasteiger partial charge in [-0.3, -0.25) is 4.57 Å². The van der Waals surface area contributed by atoms with Gasteiger partial charge in [-0.25, -0.2) is 12.7 Å². The van der Waals surface area contributed by atoms with Gasteiger partial charge in [0.1, 0.15) is 0 Å². The summed E-state index contributed by atoms with van der Waals surface area (Å²) in [6.45, 7) is 0. The summed E-state index contributed by atoms with van der Waals surface area (Å²) in [7, 11) is -0.401. The van der Waals surface area contributed by atoms with E-state index in [1.54, 1.807) is 29.5 Å². The minimum Gasteiger partial charge on any atom is -0.269 e. The van der Waals surface area contributed by atoms with Gasteiger partial charge in [0, 0.05) is 25.5 Å². The molecule has 0 saturated heterocycles. The minimum absolute atomic E-state index is 0.286. The third-order valence-corrected chi connectivity index (χ3v) is 8.11. The summed E-state index contributed by atoms with van der Waals surface area (Å²) in [4.78, 5) is 1.33. The maximum atomic E-state index is 12.4. The second-order valence-corrected chi connectivity index (χ2v) is 10.7. The number of thioether (sulfide) groups is 1. The van der Waals surface area contributed by atoms with Crippen molar-refractivity contribution in [1.29, 1.82) is 0 Å². The van der Waals surface area contributed by atoms with Gasteiger partial charge in [-0.1, -0.05) is 48.2 Å². The summed E-state index contributed by atoms with van der Waals surface area (Å²) in [5, 5.41) is 11.6. The molecular weight excluding hydrogens is 436 g/mol. The summed E-state index contributed by atoms with van der Waals surface area (Å²) in [5.74, 6) is 1.37. The van der Waals surface area contributed by atoms with Crippen molar-refractivity contribution in [2.24, 2.45) is 0 Å². The molecule has 154 valence electrons. The van der Waals surface area contributed by atoms with Gasteiger partial charge in [0.15, 0.2) is 11.0 Å². The molecule has 0 bridgehead atoms. The van der Waals surface area contributed by atoms with Crippen LogP contribution in [0.5, 0.6) is 0 Å². The van der Waals surface area contributed by atoms with E-state index in [0.717, 1.165) is 27.1 Å². The summed E-state index contributed by atoms with van der Waals surface area (Å²) >= 11 is 3.14. The molecule has 0 aliphatic heterocycles. The standard InChI is InChI=1S/C21H20N4O2S3/c1-24(2)30(26,27)18-11-6-8-16(14-18)15-29-21-23-22-20(19-12-7-13-28-19)25(21)17-9-4-3-5-10-17/h3-14H,15H2,1-2H3. The Labute approximate surface area is 184 Å². The molecule has 30 heavy (non-hydrogen) atoms. The number of hydrogen-bond acceptors (Lipinski definition) is 6. The van der Waals surface area contributed by atoms with Gasteiger partial charge >= 0.3 is 0 Å². The molecule has 0 unspecified atom stereocenters. The van der Waals surface area contributed by atoms with Gasteiger partial charge in [-0.05, 0) is 41.3 Å². The average molecular weight is 457 g/mol. The lowest BCUT2D eigenvalue weighted by molar-refractivity contribution is 0.520. The number of sulfonamides is 1. The number of para-hydroxylation sites is 1. The SMILES string of the molecule is CN(C)S(=O)(=O)c1cccc(CSc2nnc(-c3cccs3)n2-c2ccccc2)c1. The Kier molecular flexibility index (Phi) is 6.05. The highest BCUT2D eigenvalue weighted by molar-refractivity contribution is 7.98. The molecule has 2 aromatic heterocycles. The predicted molar refractivity (Wildman–Crippen MR) is 122 cm³/mol. The molecule has 0 aliphatic rings. The van der Waals surface area contributed by atoms with Crippen LogP contribution < -0.4 is 0 Å². The zero-order chi connectivity index (χ0) is 21.1. The van der Waals surface area contributed by atoms with E-state index < -0.39 is 10.0 Å². The molecule has 9 heteroatoms. The maximum absolute atomic E-state index is 12.4. The van der Waals surface area contributed by atoms with Crippen LogP contribution in [0.25, 0.3) is 16.4 Å². The highest BCUT2D eigenvalue weighted by Gasteiger charge is 2.19. The van der Waals surface area contributed by atoms with Crippen molar-refractivity contribution in [3.05, 3.63) is 77.7 Å². The molecular formula is C21H20N4O2S3. The van der Waals surface area contributed by atoms with E-state index in [-0.39, 0.29) is 4.90 Å². The largest absolute Gasteiger partial charge is 0.269 e. The van der Waals surface area contributed by atoms with Crippen molar-refractivity contribution < 1.29 is 8.42 Å². The van der Waals surface area contributed by atoms with Crippen LogP contribution in [0.2, 0.25) is 0 Å². The lowest BCUT2D eigenvalue weighted by atomic mass is 10.2. The van der Waals surface area contributed by atoms with Crippen molar-refractivity contribution >= 4 is 33.1 Å². The molecule has 0 aliphatic carbocycles. The van der Waals surface area contributed by atoms with E-state index >= 15 is 0 Å². The smallest absolute Gasteiger partial charge is 0.242 e. The fourth-order valence-corrected chi connectivity index (χ4v) is 5.46. The predicted octanol–water partition coefficient (Wildman–Crippen LogP) is 4.54. The number of hydrogen-bond donors (Lipinski definition) is 0. The second-order valence-electron chi connectivity index (χ2n) is 6.68. The monoisotopic (exact) mass is 456 g/mol. The van der Waals surface area contributed by atoms with Gasteiger partial charge < -0.3 is 0 Å². The molecule has 2 heterocycles. The molecule has 0 spiro atoms. The van der Waals surface area contributed by atoms with Crippen molar-refractivity contribution in [2.75, 3.05) is 14.1 Å². The zero-order valence-corrected chi connectivity index (χ0v) is 18.9. The first kappa shape index (κ1) is 20.8. The molecule has 0 atom stereocenters.